The van der Waals surface area contributed by atoms with Crippen molar-refractivity contribution in [1.29, 1.82) is 0 Å². The molecule has 0 amide bonds. The van der Waals surface area contributed by atoms with Gasteiger partial charge in [-0.2, -0.15) is 5.10 Å². The topological polar surface area (TPSA) is 64.9 Å². The van der Waals surface area contributed by atoms with Gasteiger partial charge in [0, 0.05) is 60.6 Å². The average Bonchev–Trinajstić information content (AvgIpc) is 3.18. The van der Waals surface area contributed by atoms with E-state index in [-0.39, 0.29) is 0 Å². The van der Waals surface area contributed by atoms with Gasteiger partial charge in [-0.1, -0.05) is 0 Å². The van der Waals surface area contributed by atoms with E-state index >= 15 is 0 Å². The van der Waals surface area contributed by atoms with Crippen LogP contribution in [0.2, 0.25) is 0 Å². The molecule has 3 aromatic heterocycles. The molecular weight excluding hydrogens is 278 g/mol. The molecule has 0 radical (unpaired) electrons. The lowest BCUT2D eigenvalue weighted by Crippen LogP contribution is -1.98. The number of pyridine rings is 2. The monoisotopic (exact) mass is 293 g/mol. The van der Waals surface area contributed by atoms with Crippen LogP contribution >= 0.6 is 0 Å². The van der Waals surface area contributed by atoms with Crippen LogP contribution in [0.25, 0.3) is 11.1 Å². The number of hydrogen-bond acceptors (Lipinski definition) is 5. The summed E-state index contributed by atoms with van der Waals surface area (Å²) in [6, 6.07) is 3.80. The summed E-state index contributed by atoms with van der Waals surface area (Å²) in [7, 11) is 1.91. The van der Waals surface area contributed by atoms with Gasteiger partial charge in [-0.05, 0) is 12.1 Å². The molecule has 1 N–H and O–H groups in total. The Balaban J connectivity index is 1.75. The van der Waals surface area contributed by atoms with Gasteiger partial charge in [0.2, 0.25) is 0 Å². The second-order valence-corrected chi connectivity index (χ2v) is 5.19. The van der Waals surface area contributed by atoms with Crippen LogP contribution in [0.4, 0.5) is 11.5 Å². The highest BCUT2D eigenvalue weighted by atomic mass is 16.5. The molecule has 6 nitrogen and oxygen atoms in total. The lowest BCUT2D eigenvalue weighted by molar-refractivity contribution is 0.357. The molecule has 1 aliphatic rings. The van der Waals surface area contributed by atoms with Gasteiger partial charge in [-0.3, -0.25) is 9.67 Å². The summed E-state index contributed by atoms with van der Waals surface area (Å²) in [5.74, 6) is 1.57. The van der Waals surface area contributed by atoms with E-state index in [1.807, 2.05) is 37.8 Å². The Morgan fingerprint density at radius 3 is 2.86 bits per heavy atom. The SMILES string of the molecule is Cn1cc(-c2cnc(Nc3ccncc3)c3c2CCO3)cn1. The van der Waals surface area contributed by atoms with Crippen molar-refractivity contribution >= 4 is 11.5 Å². The first-order valence-electron chi connectivity index (χ1n) is 7.12. The summed E-state index contributed by atoms with van der Waals surface area (Å²) < 4.78 is 7.60. The van der Waals surface area contributed by atoms with E-state index < -0.39 is 0 Å². The van der Waals surface area contributed by atoms with Gasteiger partial charge in [0.15, 0.2) is 11.6 Å². The standard InChI is InChI=1S/C16H15N5O/c1-21-10-11(8-19-21)14-9-18-16(15-13(14)4-7-22-15)20-12-2-5-17-6-3-12/h2-3,5-6,8-10H,4,7H2,1H3,(H,17,18,20). The largest absolute Gasteiger partial charge is 0.489 e. The lowest BCUT2D eigenvalue weighted by atomic mass is 10.0. The highest BCUT2D eigenvalue weighted by molar-refractivity contribution is 5.75. The molecular formula is C16H15N5O. The van der Waals surface area contributed by atoms with Crippen LogP contribution in [0.15, 0.2) is 43.1 Å². The van der Waals surface area contributed by atoms with E-state index in [9.17, 15) is 0 Å². The van der Waals surface area contributed by atoms with Gasteiger partial charge in [-0.25, -0.2) is 4.98 Å². The third-order valence-corrected chi connectivity index (χ3v) is 3.69. The smallest absolute Gasteiger partial charge is 0.173 e. The quantitative estimate of drug-likeness (QED) is 0.804. The molecule has 0 aliphatic carbocycles. The predicted octanol–water partition coefficient (Wildman–Crippen LogP) is 2.56. The van der Waals surface area contributed by atoms with Crippen molar-refractivity contribution in [1.82, 2.24) is 19.7 Å². The van der Waals surface area contributed by atoms with Gasteiger partial charge in [0.1, 0.15) is 0 Å². The highest BCUT2D eigenvalue weighted by Crippen LogP contribution is 2.39. The third-order valence-electron chi connectivity index (χ3n) is 3.69. The van der Waals surface area contributed by atoms with E-state index in [4.69, 9.17) is 4.74 Å². The molecule has 22 heavy (non-hydrogen) atoms. The first-order chi connectivity index (χ1) is 10.8. The third kappa shape index (κ3) is 2.18. The highest BCUT2D eigenvalue weighted by Gasteiger charge is 2.22. The zero-order valence-corrected chi connectivity index (χ0v) is 12.2. The molecule has 3 aromatic rings. The Bertz CT molecular complexity index is 813. The van der Waals surface area contributed by atoms with Gasteiger partial charge in [-0.15, -0.1) is 0 Å². The van der Waals surface area contributed by atoms with Crippen molar-refractivity contribution in [3.8, 4) is 16.9 Å². The predicted molar refractivity (Wildman–Crippen MR) is 83.2 cm³/mol. The first-order valence-corrected chi connectivity index (χ1v) is 7.12. The van der Waals surface area contributed by atoms with E-state index in [2.05, 4.69) is 20.4 Å². The van der Waals surface area contributed by atoms with Crippen molar-refractivity contribution in [3.05, 3.63) is 48.7 Å². The fourth-order valence-corrected chi connectivity index (χ4v) is 2.66. The minimum Gasteiger partial charge on any atom is -0.489 e. The summed E-state index contributed by atoms with van der Waals surface area (Å²) in [4.78, 5) is 8.55. The number of anilines is 2. The zero-order chi connectivity index (χ0) is 14.9. The van der Waals surface area contributed by atoms with Crippen molar-refractivity contribution in [2.75, 3.05) is 11.9 Å². The van der Waals surface area contributed by atoms with Crippen LogP contribution in [0.5, 0.6) is 5.75 Å². The zero-order valence-electron chi connectivity index (χ0n) is 12.2. The van der Waals surface area contributed by atoms with Crippen LogP contribution in [-0.4, -0.2) is 26.4 Å². The lowest BCUT2D eigenvalue weighted by Gasteiger charge is -2.11. The summed E-state index contributed by atoms with van der Waals surface area (Å²) >= 11 is 0. The Morgan fingerprint density at radius 1 is 1.23 bits per heavy atom. The number of nitrogens with one attached hydrogen (secondary N) is 1. The van der Waals surface area contributed by atoms with Crippen molar-refractivity contribution < 1.29 is 4.74 Å². The van der Waals surface area contributed by atoms with E-state index in [0.29, 0.717) is 6.61 Å². The van der Waals surface area contributed by atoms with Crippen LogP contribution in [0.1, 0.15) is 5.56 Å². The van der Waals surface area contributed by atoms with E-state index in [1.54, 1.807) is 17.1 Å². The van der Waals surface area contributed by atoms with E-state index in [1.165, 1.54) is 5.56 Å². The summed E-state index contributed by atoms with van der Waals surface area (Å²) in [6.07, 6.45) is 10.1. The first kappa shape index (κ1) is 12.8. The molecule has 0 saturated carbocycles. The Labute approximate surface area is 127 Å². The van der Waals surface area contributed by atoms with Gasteiger partial charge < -0.3 is 10.1 Å². The normalized spacial score (nSPS) is 12.8. The van der Waals surface area contributed by atoms with E-state index in [0.717, 1.165) is 34.8 Å². The van der Waals surface area contributed by atoms with Gasteiger partial charge in [0.25, 0.3) is 0 Å². The molecule has 6 heteroatoms. The van der Waals surface area contributed by atoms with Crippen LogP contribution < -0.4 is 10.1 Å². The number of aromatic nitrogens is 4. The van der Waals surface area contributed by atoms with Gasteiger partial charge in [0.05, 0.1) is 12.8 Å². The molecule has 0 unspecified atom stereocenters. The van der Waals surface area contributed by atoms with Crippen LogP contribution in [0.3, 0.4) is 0 Å². The fourth-order valence-electron chi connectivity index (χ4n) is 2.66. The van der Waals surface area contributed by atoms with Crippen LogP contribution in [-0.2, 0) is 13.5 Å². The summed E-state index contributed by atoms with van der Waals surface area (Å²) in [5.41, 5.74) is 4.27. The van der Waals surface area contributed by atoms with Crippen molar-refractivity contribution in [3.63, 3.8) is 0 Å². The molecule has 0 fully saturated rings. The van der Waals surface area contributed by atoms with Gasteiger partial charge >= 0.3 is 0 Å². The van der Waals surface area contributed by atoms with Crippen molar-refractivity contribution in [2.45, 2.75) is 6.42 Å². The van der Waals surface area contributed by atoms with Crippen molar-refractivity contribution in [2.24, 2.45) is 7.05 Å². The molecule has 4 rings (SSSR count). The number of aryl methyl sites for hydroxylation is 1. The molecule has 1 aliphatic heterocycles. The fraction of sp³-hybridized carbons (Fsp3) is 0.188. The maximum atomic E-state index is 5.80. The Morgan fingerprint density at radius 2 is 2.09 bits per heavy atom. The minimum atomic E-state index is 0.680. The minimum absolute atomic E-state index is 0.680. The number of nitrogens with zero attached hydrogens (tertiary/aromatic N) is 4. The maximum absolute atomic E-state index is 5.80. The number of hydrogen-bond donors (Lipinski definition) is 1. The Kier molecular flexibility index (Phi) is 3.00. The number of fused-ring (bicyclic) bond motifs is 1. The molecule has 110 valence electrons. The Hall–Kier alpha value is -2.89. The second-order valence-electron chi connectivity index (χ2n) is 5.19. The summed E-state index contributed by atoms with van der Waals surface area (Å²) in [5, 5.41) is 7.53. The average molecular weight is 293 g/mol. The number of rotatable bonds is 3. The maximum Gasteiger partial charge on any atom is 0.173 e. The molecule has 0 atom stereocenters. The summed E-state index contributed by atoms with van der Waals surface area (Å²) in [6.45, 7) is 0.680. The molecule has 0 bridgehead atoms. The van der Waals surface area contributed by atoms with Crippen LogP contribution in [0, 0.1) is 0 Å². The molecule has 0 spiro atoms. The molecule has 0 saturated heterocycles. The number of ether oxygens (including phenoxy) is 1. The second kappa shape index (κ2) is 5.14. The molecule has 4 heterocycles. The molecule has 0 aromatic carbocycles.